The highest BCUT2D eigenvalue weighted by molar-refractivity contribution is 7.07. The Hall–Kier alpha value is -3.70. The zero-order valence-electron chi connectivity index (χ0n) is 17.1. The molecule has 1 saturated heterocycles. The second-order valence-electron chi connectivity index (χ2n) is 7.22. The summed E-state index contributed by atoms with van der Waals surface area (Å²) in [5.41, 5.74) is 5.12. The van der Waals surface area contributed by atoms with Gasteiger partial charge in [-0.1, -0.05) is 48.5 Å². The number of hydrogen-bond donors (Lipinski definition) is 1. The number of carbonyl (C=O) groups excluding carboxylic acids is 1. The first-order valence-corrected chi connectivity index (χ1v) is 10.9. The molecule has 0 bridgehead atoms. The van der Waals surface area contributed by atoms with Crippen LogP contribution in [0.2, 0.25) is 0 Å². The van der Waals surface area contributed by atoms with Crippen molar-refractivity contribution in [1.82, 2.24) is 14.8 Å². The van der Waals surface area contributed by atoms with Gasteiger partial charge in [-0.3, -0.25) is 4.79 Å². The van der Waals surface area contributed by atoms with Gasteiger partial charge < -0.3 is 15.1 Å². The Morgan fingerprint density at radius 2 is 1.97 bits per heavy atom. The molecule has 1 aromatic heterocycles. The first-order chi connectivity index (χ1) is 15.2. The second kappa shape index (κ2) is 9.41. The molecule has 7 nitrogen and oxygen atoms in total. The Labute approximate surface area is 185 Å². The van der Waals surface area contributed by atoms with Gasteiger partial charge in [0.25, 0.3) is 5.91 Å². The van der Waals surface area contributed by atoms with E-state index in [1.54, 1.807) is 10.9 Å². The maximum Gasteiger partial charge on any atom is 0.273 e. The lowest BCUT2D eigenvalue weighted by Gasteiger charge is -2.42. The van der Waals surface area contributed by atoms with Gasteiger partial charge in [-0.05, 0) is 24.1 Å². The van der Waals surface area contributed by atoms with Crippen molar-refractivity contribution in [2.45, 2.75) is 13.0 Å². The summed E-state index contributed by atoms with van der Waals surface area (Å²) in [4.78, 5) is 25.3. The Balaban J connectivity index is 1.62. The standard InChI is InChI=1S/C23H22N6OS/c1-17-7-5-6-10-19(17)27-23(25-15-24)28-11-12-29(22(30)20-14-31-16-26-20)21(13-28)18-8-3-2-4-9-18/h2-10,14,16,21H,11-13H2,1H3,(H,25,27). The molecular formula is C23H22N6OS. The van der Waals surface area contributed by atoms with Crippen LogP contribution in [0.1, 0.15) is 27.7 Å². The lowest BCUT2D eigenvalue weighted by atomic mass is 10.0. The number of hydrogen-bond acceptors (Lipinski definition) is 5. The predicted molar refractivity (Wildman–Crippen MR) is 122 cm³/mol. The Bertz CT molecular complexity index is 1110. The van der Waals surface area contributed by atoms with Gasteiger partial charge >= 0.3 is 0 Å². The fourth-order valence-corrected chi connectivity index (χ4v) is 4.23. The molecule has 0 radical (unpaired) electrons. The summed E-state index contributed by atoms with van der Waals surface area (Å²) < 4.78 is 0. The van der Waals surface area contributed by atoms with Gasteiger partial charge in [0.1, 0.15) is 5.69 Å². The zero-order chi connectivity index (χ0) is 21.6. The Morgan fingerprint density at radius 3 is 2.68 bits per heavy atom. The summed E-state index contributed by atoms with van der Waals surface area (Å²) in [6.07, 6.45) is 1.91. The second-order valence-corrected chi connectivity index (χ2v) is 7.94. The number of guanidine groups is 1. The minimum atomic E-state index is -0.188. The third kappa shape index (κ3) is 4.57. The van der Waals surface area contributed by atoms with Crippen molar-refractivity contribution < 1.29 is 4.79 Å². The molecule has 156 valence electrons. The maximum absolute atomic E-state index is 13.1. The van der Waals surface area contributed by atoms with Crippen LogP contribution < -0.4 is 5.32 Å². The molecule has 1 fully saturated rings. The summed E-state index contributed by atoms with van der Waals surface area (Å²) in [5, 5.41) is 14.4. The van der Waals surface area contributed by atoms with Crippen molar-refractivity contribution >= 4 is 28.9 Å². The number of benzene rings is 2. The molecular weight excluding hydrogens is 408 g/mol. The number of nitrogens with zero attached hydrogens (tertiary/aromatic N) is 5. The number of carbonyl (C=O) groups is 1. The molecule has 1 N–H and O–H groups in total. The van der Waals surface area contributed by atoms with Gasteiger partial charge in [0.15, 0.2) is 0 Å². The van der Waals surface area contributed by atoms with Gasteiger partial charge in [-0.2, -0.15) is 5.26 Å². The van der Waals surface area contributed by atoms with E-state index < -0.39 is 0 Å². The van der Waals surface area contributed by atoms with Crippen LogP contribution in [0, 0.1) is 18.4 Å². The van der Waals surface area contributed by atoms with Crippen molar-refractivity contribution in [3.8, 4) is 6.19 Å². The smallest absolute Gasteiger partial charge is 0.273 e. The first-order valence-electron chi connectivity index (χ1n) is 9.96. The lowest BCUT2D eigenvalue weighted by molar-refractivity contribution is 0.0545. The van der Waals surface area contributed by atoms with Gasteiger partial charge in [0.2, 0.25) is 12.2 Å². The number of rotatable bonds is 3. The fourth-order valence-electron chi connectivity index (χ4n) is 3.70. The molecule has 2 heterocycles. The van der Waals surface area contributed by atoms with Crippen LogP contribution in [0.15, 0.2) is 70.5 Å². The summed E-state index contributed by atoms with van der Waals surface area (Å²) in [7, 11) is 0. The third-order valence-electron chi connectivity index (χ3n) is 5.32. The van der Waals surface area contributed by atoms with Crippen molar-refractivity contribution in [2.75, 3.05) is 25.0 Å². The van der Waals surface area contributed by atoms with Crippen molar-refractivity contribution in [1.29, 1.82) is 5.26 Å². The highest BCUT2D eigenvalue weighted by Crippen LogP contribution is 2.28. The van der Waals surface area contributed by atoms with Crippen LogP contribution in [0.4, 0.5) is 5.69 Å². The summed E-state index contributed by atoms with van der Waals surface area (Å²) in [6.45, 7) is 3.57. The number of aliphatic imine (C=N–C) groups is 1. The zero-order valence-corrected chi connectivity index (χ0v) is 17.9. The molecule has 8 heteroatoms. The lowest BCUT2D eigenvalue weighted by Crippen LogP contribution is -2.53. The van der Waals surface area contributed by atoms with Crippen LogP contribution in [0.25, 0.3) is 0 Å². The molecule has 1 amide bonds. The van der Waals surface area contributed by atoms with Gasteiger partial charge in [0, 0.05) is 30.7 Å². The SMILES string of the molecule is Cc1ccccc1N/C(=N/C#N)N1CCN(C(=O)c2cscn2)C(c2ccccc2)C1. The van der Waals surface area contributed by atoms with Gasteiger partial charge in [0.05, 0.1) is 11.6 Å². The number of nitriles is 1. The summed E-state index contributed by atoms with van der Waals surface area (Å²) >= 11 is 1.41. The first kappa shape index (κ1) is 20.6. The number of thiazole rings is 1. The van der Waals surface area contributed by atoms with E-state index in [4.69, 9.17) is 0 Å². The van der Waals surface area contributed by atoms with E-state index in [1.165, 1.54) is 11.3 Å². The highest BCUT2D eigenvalue weighted by atomic mass is 32.1. The van der Waals surface area contributed by atoms with E-state index >= 15 is 0 Å². The van der Waals surface area contributed by atoms with Crippen LogP contribution in [0.3, 0.4) is 0 Å². The molecule has 1 unspecified atom stereocenters. The fraction of sp³-hybridized carbons (Fsp3) is 0.217. The third-order valence-corrected chi connectivity index (χ3v) is 5.91. The molecule has 4 rings (SSSR count). The summed E-state index contributed by atoms with van der Waals surface area (Å²) in [5.74, 6) is 0.402. The van der Waals surface area contributed by atoms with Crippen molar-refractivity contribution in [2.24, 2.45) is 4.99 Å². The topological polar surface area (TPSA) is 84.6 Å². The Morgan fingerprint density at radius 1 is 1.19 bits per heavy atom. The van der Waals surface area contributed by atoms with Crippen LogP contribution in [-0.2, 0) is 0 Å². The largest absolute Gasteiger partial charge is 0.338 e. The molecule has 1 aliphatic heterocycles. The number of para-hydroxylation sites is 1. The van der Waals surface area contributed by atoms with E-state index in [0.29, 0.717) is 31.3 Å². The minimum Gasteiger partial charge on any atom is -0.338 e. The number of piperazine rings is 1. The van der Waals surface area contributed by atoms with E-state index in [0.717, 1.165) is 16.8 Å². The molecule has 0 spiro atoms. The average molecular weight is 431 g/mol. The molecule has 1 atom stereocenters. The molecule has 31 heavy (non-hydrogen) atoms. The number of nitrogens with one attached hydrogen (secondary N) is 1. The van der Waals surface area contributed by atoms with Gasteiger partial charge in [-0.25, -0.2) is 4.98 Å². The number of anilines is 1. The van der Waals surface area contributed by atoms with E-state index in [1.807, 2.05) is 77.5 Å². The van der Waals surface area contributed by atoms with Crippen molar-refractivity contribution in [3.63, 3.8) is 0 Å². The molecule has 2 aromatic carbocycles. The van der Waals surface area contributed by atoms with Crippen LogP contribution in [0.5, 0.6) is 0 Å². The summed E-state index contributed by atoms with van der Waals surface area (Å²) in [6, 6.07) is 17.6. The monoisotopic (exact) mass is 430 g/mol. The molecule has 0 saturated carbocycles. The molecule has 3 aromatic rings. The molecule has 0 aliphatic carbocycles. The van der Waals surface area contributed by atoms with Crippen LogP contribution in [-0.4, -0.2) is 46.3 Å². The van der Waals surface area contributed by atoms with E-state index in [9.17, 15) is 10.1 Å². The van der Waals surface area contributed by atoms with Crippen LogP contribution >= 0.6 is 11.3 Å². The quantitative estimate of drug-likeness (QED) is 0.387. The maximum atomic E-state index is 13.1. The Kier molecular flexibility index (Phi) is 6.24. The number of aryl methyl sites for hydroxylation is 1. The van der Waals surface area contributed by atoms with E-state index in [-0.39, 0.29) is 11.9 Å². The number of amides is 1. The molecule has 1 aliphatic rings. The average Bonchev–Trinajstić information content (AvgIpc) is 3.35. The minimum absolute atomic E-state index is 0.0830. The normalized spacial score (nSPS) is 16.6. The van der Waals surface area contributed by atoms with Crippen molar-refractivity contribution in [3.05, 3.63) is 82.3 Å². The van der Waals surface area contributed by atoms with E-state index in [2.05, 4.69) is 15.3 Å². The number of aromatic nitrogens is 1. The van der Waals surface area contributed by atoms with Gasteiger partial charge in [-0.15, -0.1) is 16.3 Å². The highest BCUT2D eigenvalue weighted by Gasteiger charge is 2.34. The predicted octanol–water partition coefficient (Wildman–Crippen LogP) is 3.90.